The summed E-state index contributed by atoms with van der Waals surface area (Å²) in [6.07, 6.45) is 1.53. The first-order valence-corrected chi connectivity index (χ1v) is 5.50. The van der Waals surface area contributed by atoms with Gasteiger partial charge in [0.15, 0.2) is 22.5 Å². The van der Waals surface area contributed by atoms with E-state index in [4.69, 9.17) is 10.6 Å². The molecule has 7 heteroatoms. The molecule has 0 bridgehead atoms. The van der Waals surface area contributed by atoms with Crippen LogP contribution in [0.5, 0.6) is 5.75 Å². The third-order valence-corrected chi connectivity index (χ3v) is 2.86. The summed E-state index contributed by atoms with van der Waals surface area (Å²) in [4.78, 5) is 4.62. The fourth-order valence-corrected chi connectivity index (χ4v) is 1.84. The molecule has 2 rings (SSSR count). The van der Waals surface area contributed by atoms with E-state index in [9.17, 15) is 8.78 Å². The Balaban J connectivity index is 2.07. The van der Waals surface area contributed by atoms with Gasteiger partial charge in [0.05, 0.1) is 4.88 Å². The molecular formula is C10H9F2N3OS. The number of halogens is 2. The van der Waals surface area contributed by atoms with Crippen molar-refractivity contribution in [3.8, 4) is 5.75 Å². The van der Waals surface area contributed by atoms with Gasteiger partial charge in [0, 0.05) is 6.20 Å². The van der Waals surface area contributed by atoms with Crippen molar-refractivity contribution in [3.05, 3.63) is 40.9 Å². The van der Waals surface area contributed by atoms with Crippen molar-refractivity contribution in [1.29, 1.82) is 0 Å². The first-order valence-electron chi connectivity index (χ1n) is 4.69. The lowest BCUT2D eigenvalue weighted by Crippen LogP contribution is -2.05. The molecule has 0 saturated heterocycles. The van der Waals surface area contributed by atoms with E-state index in [1.807, 2.05) is 0 Å². The molecule has 0 unspecified atom stereocenters. The molecule has 0 radical (unpaired) electrons. The Morgan fingerprint density at radius 1 is 1.35 bits per heavy atom. The van der Waals surface area contributed by atoms with Crippen LogP contribution in [-0.2, 0) is 6.61 Å². The summed E-state index contributed by atoms with van der Waals surface area (Å²) in [5.41, 5.74) is 2.37. The van der Waals surface area contributed by atoms with Crippen LogP contribution in [0.25, 0.3) is 0 Å². The zero-order valence-corrected chi connectivity index (χ0v) is 9.43. The number of rotatable bonds is 4. The van der Waals surface area contributed by atoms with E-state index in [-0.39, 0.29) is 12.4 Å². The number of hydrogen-bond acceptors (Lipinski definition) is 5. The number of nitrogen functional groups attached to an aromatic ring is 1. The summed E-state index contributed by atoms with van der Waals surface area (Å²) < 4.78 is 31.5. The summed E-state index contributed by atoms with van der Waals surface area (Å²) >= 11 is 1.25. The van der Waals surface area contributed by atoms with Crippen LogP contribution in [0.1, 0.15) is 4.88 Å². The average Bonchev–Trinajstić information content (AvgIpc) is 2.76. The minimum Gasteiger partial charge on any atom is -0.482 e. The molecule has 3 N–H and O–H groups in total. The first kappa shape index (κ1) is 11.7. The molecule has 1 aromatic heterocycles. The van der Waals surface area contributed by atoms with E-state index >= 15 is 0 Å². The maximum absolute atomic E-state index is 13.2. The summed E-state index contributed by atoms with van der Waals surface area (Å²) in [5.74, 6) is 3.31. The van der Waals surface area contributed by atoms with Crippen LogP contribution in [0.4, 0.5) is 13.9 Å². The summed E-state index contributed by atoms with van der Waals surface area (Å²) in [7, 11) is 0. The van der Waals surface area contributed by atoms with Crippen LogP contribution in [0.15, 0.2) is 24.4 Å². The molecule has 0 fully saturated rings. The SMILES string of the molecule is NNc1ncc(COc2c(F)cccc2F)s1. The molecule has 0 atom stereocenters. The topological polar surface area (TPSA) is 60.2 Å². The summed E-state index contributed by atoms with van der Waals surface area (Å²) in [6, 6.07) is 3.55. The molecule has 1 aromatic carbocycles. The van der Waals surface area contributed by atoms with Gasteiger partial charge < -0.3 is 4.74 Å². The number of anilines is 1. The van der Waals surface area contributed by atoms with Gasteiger partial charge in [-0.1, -0.05) is 17.4 Å². The van der Waals surface area contributed by atoms with Gasteiger partial charge in [-0.3, -0.25) is 5.43 Å². The van der Waals surface area contributed by atoms with Crippen molar-refractivity contribution < 1.29 is 13.5 Å². The summed E-state index contributed by atoms with van der Waals surface area (Å²) in [6.45, 7) is 0.0389. The Hall–Kier alpha value is -1.73. The molecule has 0 aliphatic rings. The zero-order chi connectivity index (χ0) is 12.3. The first-order chi connectivity index (χ1) is 8.20. The second kappa shape index (κ2) is 5.07. The minimum atomic E-state index is -0.730. The molecule has 0 aliphatic carbocycles. The number of para-hydroxylation sites is 1. The fraction of sp³-hybridized carbons (Fsp3) is 0.100. The predicted molar refractivity (Wildman–Crippen MR) is 60.6 cm³/mol. The number of nitrogens with zero attached hydrogens (tertiary/aromatic N) is 1. The summed E-state index contributed by atoms with van der Waals surface area (Å²) in [5, 5.41) is 0.512. The molecule has 1 heterocycles. The van der Waals surface area contributed by atoms with Gasteiger partial charge in [-0.25, -0.2) is 19.6 Å². The minimum absolute atomic E-state index is 0.0389. The quantitative estimate of drug-likeness (QED) is 0.651. The lowest BCUT2D eigenvalue weighted by atomic mass is 10.3. The Labute approximate surface area is 100 Å². The molecule has 0 amide bonds. The van der Waals surface area contributed by atoms with Crippen molar-refractivity contribution in [2.45, 2.75) is 6.61 Å². The molecule has 17 heavy (non-hydrogen) atoms. The van der Waals surface area contributed by atoms with Crippen LogP contribution < -0.4 is 16.0 Å². The lowest BCUT2D eigenvalue weighted by molar-refractivity contribution is 0.277. The van der Waals surface area contributed by atoms with Crippen molar-refractivity contribution in [2.75, 3.05) is 5.43 Å². The number of aromatic nitrogens is 1. The van der Waals surface area contributed by atoms with Gasteiger partial charge in [-0.2, -0.15) is 0 Å². The largest absolute Gasteiger partial charge is 0.482 e. The lowest BCUT2D eigenvalue weighted by Gasteiger charge is -2.06. The number of hydrazine groups is 1. The monoisotopic (exact) mass is 257 g/mol. The molecule has 90 valence electrons. The normalized spacial score (nSPS) is 10.3. The smallest absolute Gasteiger partial charge is 0.197 e. The molecule has 0 saturated carbocycles. The van der Waals surface area contributed by atoms with E-state index in [0.717, 1.165) is 12.1 Å². The third kappa shape index (κ3) is 2.69. The Morgan fingerprint density at radius 3 is 2.65 bits per heavy atom. The zero-order valence-electron chi connectivity index (χ0n) is 8.61. The molecule has 4 nitrogen and oxygen atoms in total. The van der Waals surface area contributed by atoms with Crippen LogP contribution >= 0.6 is 11.3 Å². The highest BCUT2D eigenvalue weighted by molar-refractivity contribution is 7.15. The van der Waals surface area contributed by atoms with Crippen LogP contribution in [0.3, 0.4) is 0 Å². The maximum atomic E-state index is 13.2. The fourth-order valence-electron chi connectivity index (χ4n) is 1.20. The van der Waals surface area contributed by atoms with Crippen LogP contribution in [0, 0.1) is 11.6 Å². The van der Waals surface area contributed by atoms with E-state index in [2.05, 4.69) is 10.4 Å². The van der Waals surface area contributed by atoms with Gasteiger partial charge in [-0.05, 0) is 12.1 Å². The van der Waals surface area contributed by atoms with Crippen molar-refractivity contribution >= 4 is 16.5 Å². The highest BCUT2D eigenvalue weighted by Gasteiger charge is 2.10. The Kier molecular flexibility index (Phi) is 3.50. The van der Waals surface area contributed by atoms with Gasteiger partial charge in [0.1, 0.15) is 6.61 Å². The van der Waals surface area contributed by atoms with Gasteiger partial charge >= 0.3 is 0 Å². The average molecular weight is 257 g/mol. The second-order valence-corrected chi connectivity index (χ2v) is 4.23. The number of nitrogens with two attached hydrogens (primary N) is 1. The number of hydrogen-bond donors (Lipinski definition) is 2. The number of ether oxygens (including phenoxy) is 1. The van der Waals surface area contributed by atoms with E-state index < -0.39 is 11.6 Å². The van der Waals surface area contributed by atoms with Crippen molar-refractivity contribution in [1.82, 2.24) is 4.98 Å². The van der Waals surface area contributed by atoms with E-state index in [1.165, 1.54) is 23.6 Å². The van der Waals surface area contributed by atoms with Gasteiger partial charge in [0.25, 0.3) is 0 Å². The molecule has 0 spiro atoms. The Morgan fingerprint density at radius 2 is 2.06 bits per heavy atom. The molecule has 2 aromatic rings. The highest BCUT2D eigenvalue weighted by Crippen LogP contribution is 2.24. The molecule has 0 aliphatic heterocycles. The second-order valence-electron chi connectivity index (χ2n) is 3.12. The predicted octanol–water partition coefficient (Wildman–Crippen LogP) is 2.29. The maximum Gasteiger partial charge on any atom is 0.197 e. The highest BCUT2D eigenvalue weighted by atomic mass is 32.1. The van der Waals surface area contributed by atoms with Crippen LogP contribution in [0.2, 0.25) is 0 Å². The van der Waals surface area contributed by atoms with E-state index in [1.54, 1.807) is 0 Å². The third-order valence-electron chi connectivity index (χ3n) is 1.95. The Bertz CT molecular complexity index is 498. The molecular weight excluding hydrogens is 248 g/mol. The van der Waals surface area contributed by atoms with Crippen molar-refractivity contribution in [2.24, 2.45) is 5.84 Å². The van der Waals surface area contributed by atoms with Gasteiger partial charge in [0.2, 0.25) is 0 Å². The standard InChI is InChI=1S/C10H9F2N3OS/c11-7-2-1-3-8(12)9(7)16-5-6-4-14-10(15-13)17-6/h1-4H,5,13H2,(H,14,15). The number of thiazole rings is 1. The van der Waals surface area contributed by atoms with Gasteiger partial charge in [-0.15, -0.1) is 0 Å². The van der Waals surface area contributed by atoms with E-state index in [0.29, 0.717) is 10.0 Å². The number of nitrogens with one attached hydrogen (secondary N) is 1. The van der Waals surface area contributed by atoms with Crippen molar-refractivity contribution in [3.63, 3.8) is 0 Å². The number of benzene rings is 1. The van der Waals surface area contributed by atoms with Crippen LogP contribution in [-0.4, -0.2) is 4.98 Å².